The van der Waals surface area contributed by atoms with Crippen molar-refractivity contribution in [3.8, 4) is 11.3 Å². The first kappa shape index (κ1) is 14.8. The number of rotatable bonds is 3. The normalized spacial score (nSPS) is 20.9. The van der Waals surface area contributed by atoms with Crippen molar-refractivity contribution in [2.75, 3.05) is 18.8 Å². The van der Waals surface area contributed by atoms with Crippen LogP contribution in [0, 0.1) is 0 Å². The fourth-order valence-electron chi connectivity index (χ4n) is 3.80. The maximum absolute atomic E-state index is 6.26. The van der Waals surface area contributed by atoms with Crippen LogP contribution < -0.4 is 11.1 Å². The number of nitrogens with two attached hydrogens (primary N) is 1. The third-order valence-electron chi connectivity index (χ3n) is 5.26. The van der Waals surface area contributed by atoms with E-state index in [2.05, 4.69) is 17.4 Å². The van der Waals surface area contributed by atoms with E-state index in [-0.39, 0.29) is 0 Å². The average molecular weight is 334 g/mol. The molecule has 3 heterocycles. The highest BCUT2D eigenvalue weighted by Gasteiger charge is 2.32. The Morgan fingerprint density at radius 1 is 1.04 bits per heavy atom. The Hall–Kier alpha value is -2.47. The molecule has 6 nitrogen and oxygen atoms in total. The van der Waals surface area contributed by atoms with Crippen molar-refractivity contribution in [1.29, 1.82) is 0 Å². The highest BCUT2D eigenvalue weighted by atomic mass is 15.4. The van der Waals surface area contributed by atoms with Crippen molar-refractivity contribution in [3.05, 3.63) is 41.7 Å². The summed E-state index contributed by atoms with van der Waals surface area (Å²) in [6.45, 7) is 2.02. The van der Waals surface area contributed by atoms with Crippen molar-refractivity contribution in [2.45, 2.75) is 37.5 Å². The van der Waals surface area contributed by atoms with Gasteiger partial charge in [-0.3, -0.25) is 0 Å². The molecular weight excluding hydrogens is 312 g/mol. The second-order valence-corrected chi connectivity index (χ2v) is 7.12. The number of hydrogen-bond acceptors (Lipinski definition) is 5. The fraction of sp³-hybridized carbons (Fsp3) is 0.421. The molecule has 1 saturated heterocycles. The molecule has 6 heteroatoms. The van der Waals surface area contributed by atoms with Gasteiger partial charge in [0.15, 0.2) is 11.5 Å². The molecule has 1 aliphatic carbocycles. The third kappa shape index (κ3) is 2.57. The molecule has 0 spiro atoms. The lowest BCUT2D eigenvalue weighted by Crippen LogP contribution is -2.29. The van der Waals surface area contributed by atoms with Crippen LogP contribution in [0.5, 0.6) is 0 Å². The van der Waals surface area contributed by atoms with E-state index < -0.39 is 0 Å². The Bertz CT molecular complexity index is 907. The Morgan fingerprint density at radius 2 is 1.88 bits per heavy atom. The summed E-state index contributed by atoms with van der Waals surface area (Å²) in [6, 6.07) is 10.3. The highest BCUT2D eigenvalue weighted by Crippen LogP contribution is 2.46. The van der Waals surface area contributed by atoms with Crippen LogP contribution in [0.2, 0.25) is 0 Å². The van der Waals surface area contributed by atoms with Gasteiger partial charge < -0.3 is 11.1 Å². The van der Waals surface area contributed by atoms with Gasteiger partial charge in [0.25, 0.3) is 0 Å². The Kier molecular flexibility index (Phi) is 3.45. The predicted molar refractivity (Wildman–Crippen MR) is 97.5 cm³/mol. The second kappa shape index (κ2) is 5.81. The van der Waals surface area contributed by atoms with Gasteiger partial charge in [0.1, 0.15) is 0 Å². The topological polar surface area (TPSA) is 81.1 Å². The molecular formula is C19H22N6. The summed E-state index contributed by atoms with van der Waals surface area (Å²) >= 11 is 0. The number of nitrogens with one attached hydrogen (secondary N) is 1. The zero-order chi connectivity index (χ0) is 16.8. The minimum Gasteiger partial charge on any atom is -0.368 e. The van der Waals surface area contributed by atoms with Crippen LogP contribution in [0.3, 0.4) is 0 Å². The first-order valence-corrected chi connectivity index (χ1v) is 9.13. The van der Waals surface area contributed by atoms with E-state index in [9.17, 15) is 0 Å². The quantitative estimate of drug-likeness (QED) is 0.770. The molecule has 1 aromatic carbocycles. The molecule has 0 amide bonds. The molecule has 0 radical (unpaired) electrons. The molecule has 1 atom stereocenters. The molecule has 1 unspecified atom stereocenters. The minimum absolute atomic E-state index is 0.361. The molecule has 2 aliphatic rings. The summed E-state index contributed by atoms with van der Waals surface area (Å²) in [5.74, 6) is 2.20. The molecule has 1 saturated carbocycles. The number of aromatic nitrogens is 4. The molecule has 2 aromatic heterocycles. The predicted octanol–water partition coefficient (Wildman–Crippen LogP) is 2.72. The van der Waals surface area contributed by atoms with Crippen LogP contribution in [0.1, 0.15) is 48.9 Å². The van der Waals surface area contributed by atoms with Crippen molar-refractivity contribution in [2.24, 2.45) is 0 Å². The number of fused-ring (bicyclic) bond motifs is 1. The van der Waals surface area contributed by atoms with E-state index in [0.29, 0.717) is 17.8 Å². The lowest BCUT2D eigenvalue weighted by Gasteiger charge is -2.19. The van der Waals surface area contributed by atoms with Crippen LogP contribution in [0.25, 0.3) is 16.9 Å². The standard InChI is InChI=1S/C19H22N6/c20-19-22-16(13-5-2-1-3-6-13)15(12-8-9-12)18-23-17(24-25(18)19)14-7-4-10-21-11-14/h1-3,5-6,12,14,21H,4,7-11H2,(H2,20,22). The van der Waals surface area contributed by atoms with Gasteiger partial charge in [0.05, 0.1) is 5.69 Å². The van der Waals surface area contributed by atoms with E-state index >= 15 is 0 Å². The number of hydrogen-bond donors (Lipinski definition) is 2. The van der Waals surface area contributed by atoms with Gasteiger partial charge in [0, 0.05) is 23.6 Å². The maximum atomic E-state index is 6.26. The average Bonchev–Trinajstić information content (AvgIpc) is 3.40. The zero-order valence-corrected chi connectivity index (χ0v) is 14.2. The van der Waals surface area contributed by atoms with Gasteiger partial charge in [-0.15, -0.1) is 5.10 Å². The SMILES string of the molecule is Nc1nc(-c2ccccc2)c(C2CC2)c2nc(C3CCCNC3)nn12. The number of nitrogen functional groups attached to an aromatic ring is 1. The lowest BCUT2D eigenvalue weighted by molar-refractivity contribution is 0.447. The summed E-state index contributed by atoms with van der Waals surface area (Å²) in [6.07, 6.45) is 4.67. The summed E-state index contributed by atoms with van der Waals surface area (Å²) in [7, 11) is 0. The number of benzene rings is 1. The van der Waals surface area contributed by atoms with E-state index in [1.807, 2.05) is 18.2 Å². The van der Waals surface area contributed by atoms with Gasteiger partial charge >= 0.3 is 0 Å². The monoisotopic (exact) mass is 334 g/mol. The largest absolute Gasteiger partial charge is 0.368 e. The van der Waals surface area contributed by atoms with Crippen molar-refractivity contribution in [3.63, 3.8) is 0 Å². The lowest BCUT2D eigenvalue weighted by atomic mass is 9.99. The van der Waals surface area contributed by atoms with Crippen LogP contribution in [-0.4, -0.2) is 32.7 Å². The first-order chi connectivity index (χ1) is 12.3. The Labute approximate surface area is 146 Å². The van der Waals surface area contributed by atoms with Crippen LogP contribution in [0.4, 0.5) is 5.95 Å². The Morgan fingerprint density at radius 3 is 2.60 bits per heavy atom. The van der Waals surface area contributed by atoms with Gasteiger partial charge in [-0.2, -0.15) is 4.52 Å². The molecule has 3 N–H and O–H groups in total. The number of piperidine rings is 1. The molecule has 2 fully saturated rings. The summed E-state index contributed by atoms with van der Waals surface area (Å²) in [4.78, 5) is 9.65. The number of anilines is 1. The van der Waals surface area contributed by atoms with Crippen molar-refractivity contribution >= 4 is 11.6 Å². The van der Waals surface area contributed by atoms with Crippen LogP contribution in [0.15, 0.2) is 30.3 Å². The molecule has 0 bridgehead atoms. The van der Waals surface area contributed by atoms with Gasteiger partial charge in [-0.1, -0.05) is 30.3 Å². The Balaban J connectivity index is 1.70. The van der Waals surface area contributed by atoms with E-state index in [0.717, 1.165) is 42.2 Å². The van der Waals surface area contributed by atoms with Gasteiger partial charge in [-0.25, -0.2) is 9.97 Å². The van der Waals surface area contributed by atoms with E-state index in [1.54, 1.807) is 4.52 Å². The summed E-state index contributed by atoms with van der Waals surface area (Å²) < 4.78 is 1.75. The second-order valence-electron chi connectivity index (χ2n) is 7.12. The van der Waals surface area contributed by atoms with Crippen molar-refractivity contribution in [1.82, 2.24) is 24.9 Å². The van der Waals surface area contributed by atoms with Gasteiger partial charge in [-0.05, 0) is 38.1 Å². The summed E-state index contributed by atoms with van der Waals surface area (Å²) in [5.41, 5.74) is 10.4. The summed E-state index contributed by atoms with van der Waals surface area (Å²) in [5, 5.41) is 8.16. The molecule has 128 valence electrons. The maximum Gasteiger partial charge on any atom is 0.223 e. The number of nitrogens with zero attached hydrogens (tertiary/aromatic N) is 4. The van der Waals surface area contributed by atoms with E-state index in [1.165, 1.54) is 24.8 Å². The molecule has 3 aromatic rings. The molecule has 1 aliphatic heterocycles. The molecule has 25 heavy (non-hydrogen) atoms. The smallest absolute Gasteiger partial charge is 0.223 e. The zero-order valence-electron chi connectivity index (χ0n) is 14.2. The van der Waals surface area contributed by atoms with Crippen molar-refractivity contribution < 1.29 is 0 Å². The van der Waals surface area contributed by atoms with Crippen LogP contribution in [-0.2, 0) is 0 Å². The van der Waals surface area contributed by atoms with E-state index in [4.69, 9.17) is 20.8 Å². The molecule has 5 rings (SSSR count). The minimum atomic E-state index is 0.361. The third-order valence-corrected chi connectivity index (χ3v) is 5.26. The first-order valence-electron chi connectivity index (χ1n) is 9.13. The fourth-order valence-corrected chi connectivity index (χ4v) is 3.80. The van der Waals surface area contributed by atoms with Crippen LogP contribution >= 0.6 is 0 Å². The highest BCUT2D eigenvalue weighted by molar-refractivity contribution is 5.73. The van der Waals surface area contributed by atoms with Gasteiger partial charge in [0.2, 0.25) is 5.95 Å².